The van der Waals surface area contributed by atoms with Gasteiger partial charge in [-0.3, -0.25) is 0 Å². The molecule has 0 saturated heterocycles. The van der Waals surface area contributed by atoms with Crippen LogP contribution < -0.4 is 0 Å². The van der Waals surface area contributed by atoms with Crippen molar-refractivity contribution in [1.29, 1.82) is 0 Å². The van der Waals surface area contributed by atoms with E-state index in [2.05, 4.69) is 126 Å². The van der Waals surface area contributed by atoms with Crippen molar-refractivity contribution in [3.8, 4) is 0 Å². The highest BCUT2D eigenvalue weighted by Crippen LogP contribution is 2.56. The maximum absolute atomic E-state index is 2.73. The zero-order valence-electron chi connectivity index (χ0n) is 28.7. The Morgan fingerprint density at radius 3 is 2.45 bits per heavy atom. The summed E-state index contributed by atoms with van der Waals surface area (Å²) in [6, 6.07) is 31.3. The predicted octanol–water partition coefficient (Wildman–Crippen LogP) is 12.5. The number of hydrogen-bond acceptors (Lipinski definition) is 0. The molecule has 0 spiro atoms. The number of fused-ring (bicyclic) bond motifs is 8. The van der Waals surface area contributed by atoms with E-state index < -0.39 is 0 Å². The van der Waals surface area contributed by atoms with Crippen molar-refractivity contribution < 1.29 is 0 Å². The lowest BCUT2D eigenvalue weighted by atomic mass is 9.57. The summed E-state index contributed by atoms with van der Waals surface area (Å²) < 4.78 is 2.67. The largest absolute Gasteiger partial charge is 0.317 e. The third kappa shape index (κ3) is 5.03. The summed E-state index contributed by atoms with van der Waals surface area (Å²) in [6.07, 6.45) is 29.5. The average molecular weight is 638 g/mol. The third-order valence-electron chi connectivity index (χ3n) is 13.1. The first kappa shape index (κ1) is 29.5. The van der Waals surface area contributed by atoms with Gasteiger partial charge in [0, 0.05) is 28.3 Å². The van der Waals surface area contributed by atoms with E-state index in [1.165, 1.54) is 102 Å². The second-order valence-corrected chi connectivity index (χ2v) is 15.6. The molecule has 10 rings (SSSR count). The fraction of sp³-hybridized carbons (Fsp3) is 0.333. The molecule has 0 N–H and O–H groups in total. The van der Waals surface area contributed by atoms with E-state index in [1.807, 2.05) is 11.1 Å². The highest BCUT2D eigenvalue weighted by Gasteiger charge is 2.43. The van der Waals surface area contributed by atoms with E-state index in [-0.39, 0.29) is 0 Å². The van der Waals surface area contributed by atoms with Crippen LogP contribution in [0, 0.1) is 23.7 Å². The minimum absolute atomic E-state index is 0.346. The Morgan fingerprint density at radius 2 is 1.55 bits per heavy atom. The van der Waals surface area contributed by atoms with Gasteiger partial charge in [-0.2, -0.15) is 0 Å². The Labute approximate surface area is 292 Å². The number of nitrogens with zero attached hydrogens (tertiary/aromatic N) is 1. The molecule has 1 heterocycles. The van der Waals surface area contributed by atoms with Crippen LogP contribution in [0.25, 0.3) is 28.2 Å². The average Bonchev–Trinajstić information content (AvgIpc) is 3.52. The fourth-order valence-electron chi connectivity index (χ4n) is 10.9. The molecule has 0 aliphatic heterocycles. The van der Waals surface area contributed by atoms with Gasteiger partial charge < -0.3 is 4.57 Å². The summed E-state index contributed by atoms with van der Waals surface area (Å²) in [6.45, 7) is 0. The summed E-state index contributed by atoms with van der Waals surface area (Å²) in [7, 11) is 0. The predicted molar refractivity (Wildman–Crippen MR) is 206 cm³/mol. The molecule has 49 heavy (non-hydrogen) atoms. The van der Waals surface area contributed by atoms with Crippen LogP contribution in [-0.4, -0.2) is 4.57 Å². The Morgan fingerprint density at radius 1 is 0.735 bits per heavy atom. The maximum atomic E-state index is 2.73. The molecule has 6 aliphatic rings. The summed E-state index contributed by atoms with van der Waals surface area (Å²) in [4.78, 5) is 0. The highest BCUT2D eigenvalue weighted by molar-refractivity contribution is 5.96. The molecule has 0 saturated carbocycles. The molecule has 5 unspecified atom stereocenters. The third-order valence-corrected chi connectivity index (χ3v) is 13.1. The first-order valence-corrected chi connectivity index (χ1v) is 19.2. The lowest BCUT2D eigenvalue weighted by Gasteiger charge is -2.48. The Balaban J connectivity index is 1.04. The van der Waals surface area contributed by atoms with Crippen LogP contribution in [0.15, 0.2) is 138 Å². The zero-order valence-corrected chi connectivity index (χ0v) is 28.7. The molecule has 5 atom stereocenters. The molecule has 0 radical (unpaired) electrons. The van der Waals surface area contributed by atoms with Crippen molar-refractivity contribution in [2.45, 2.75) is 76.5 Å². The van der Waals surface area contributed by atoms with Gasteiger partial charge in [0.25, 0.3) is 0 Å². The van der Waals surface area contributed by atoms with Gasteiger partial charge in [-0.15, -0.1) is 0 Å². The van der Waals surface area contributed by atoms with Crippen molar-refractivity contribution in [3.63, 3.8) is 0 Å². The first-order valence-electron chi connectivity index (χ1n) is 19.2. The molecular weight excluding hydrogens is 591 g/mol. The minimum atomic E-state index is 0.346. The number of hydrogen-bond donors (Lipinski definition) is 0. The molecule has 244 valence electrons. The summed E-state index contributed by atoms with van der Waals surface area (Å²) in [5, 5.41) is 1.42. The zero-order chi connectivity index (χ0) is 32.3. The molecule has 0 bridgehead atoms. The van der Waals surface area contributed by atoms with Gasteiger partial charge in [-0.05, 0) is 134 Å². The molecule has 1 nitrogen and oxygen atoms in total. The molecule has 6 aliphatic carbocycles. The van der Waals surface area contributed by atoms with E-state index in [1.54, 1.807) is 11.1 Å². The van der Waals surface area contributed by atoms with E-state index >= 15 is 0 Å². The standard InChI is InChI=1S/C48H47N/c1-3-13-32(14-4-1)36-27-37(33-15-5-2-6-16-33)29-38(28-36)49-47-22-12-11-21-44(47)46-31-35(24-26-48(46)49)34-23-25-43-41-19-8-7-17-39(41)40-18-9-10-20-42(40)45(43)30-34/h1-6,10-16,20-22,25,27-28,31,34,37,40,42,45H,7-9,17-19,23-24,26,29-30H2. The normalized spacial score (nSPS) is 27.6. The van der Waals surface area contributed by atoms with Crippen LogP contribution in [0.4, 0.5) is 0 Å². The van der Waals surface area contributed by atoms with E-state index in [4.69, 9.17) is 0 Å². The number of allylic oxidation sites excluding steroid dienone is 11. The Kier molecular flexibility index (Phi) is 7.36. The van der Waals surface area contributed by atoms with Crippen molar-refractivity contribution in [2.75, 3.05) is 0 Å². The van der Waals surface area contributed by atoms with Crippen molar-refractivity contribution in [2.24, 2.45) is 23.7 Å². The molecule has 0 amide bonds. The number of rotatable bonds is 4. The van der Waals surface area contributed by atoms with Crippen LogP contribution in [0.2, 0.25) is 0 Å². The summed E-state index contributed by atoms with van der Waals surface area (Å²) in [5.41, 5.74) is 17.0. The number of aromatic nitrogens is 1. The van der Waals surface area contributed by atoms with Crippen LogP contribution in [-0.2, 0) is 6.42 Å². The van der Waals surface area contributed by atoms with Gasteiger partial charge in [0.1, 0.15) is 0 Å². The lowest BCUT2D eigenvalue weighted by Crippen LogP contribution is -2.36. The second-order valence-electron chi connectivity index (χ2n) is 15.6. The molecular formula is C48H47N. The summed E-state index contributed by atoms with van der Waals surface area (Å²) >= 11 is 0. The number of para-hydroxylation sites is 1. The molecule has 4 aromatic rings. The smallest absolute Gasteiger partial charge is 0.0534 e. The van der Waals surface area contributed by atoms with Crippen LogP contribution >= 0.6 is 0 Å². The van der Waals surface area contributed by atoms with Gasteiger partial charge >= 0.3 is 0 Å². The highest BCUT2D eigenvalue weighted by atomic mass is 15.0. The van der Waals surface area contributed by atoms with Gasteiger partial charge in [-0.1, -0.05) is 120 Å². The van der Waals surface area contributed by atoms with Gasteiger partial charge in [-0.25, -0.2) is 0 Å². The van der Waals surface area contributed by atoms with Crippen molar-refractivity contribution in [3.05, 3.63) is 160 Å². The van der Waals surface area contributed by atoms with Gasteiger partial charge in [0.2, 0.25) is 0 Å². The van der Waals surface area contributed by atoms with Gasteiger partial charge in [0.15, 0.2) is 0 Å². The number of benzene rings is 3. The van der Waals surface area contributed by atoms with Crippen LogP contribution in [0.5, 0.6) is 0 Å². The van der Waals surface area contributed by atoms with Crippen molar-refractivity contribution >= 4 is 28.2 Å². The lowest BCUT2D eigenvalue weighted by molar-refractivity contribution is 0.246. The van der Waals surface area contributed by atoms with E-state index in [0.29, 0.717) is 17.8 Å². The fourth-order valence-corrected chi connectivity index (χ4v) is 10.9. The Hall–Kier alpha value is -4.36. The minimum Gasteiger partial charge on any atom is -0.317 e. The quantitative estimate of drug-likeness (QED) is 0.196. The molecule has 1 heteroatoms. The Bertz CT molecular complexity index is 2110. The monoisotopic (exact) mass is 637 g/mol. The SMILES string of the molecule is C1=CC2C3CC(C4=Cc5c(n(C6=CC(c7ccccc7)=CC(c7ccccc7)C6)c6ccccc56)CC4)CC=C3C3=C(CCCC3)C2CC1. The summed E-state index contributed by atoms with van der Waals surface area (Å²) in [5.74, 6) is 3.26. The maximum Gasteiger partial charge on any atom is 0.0534 e. The topological polar surface area (TPSA) is 4.93 Å². The van der Waals surface area contributed by atoms with Crippen LogP contribution in [0.1, 0.15) is 92.5 Å². The second kappa shape index (κ2) is 12.2. The molecule has 0 fully saturated rings. The van der Waals surface area contributed by atoms with E-state index in [0.717, 1.165) is 24.7 Å². The van der Waals surface area contributed by atoms with Crippen LogP contribution in [0.3, 0.4) is 0 Å². The van der Waals surface area contributed by atoms with Crippen molar-refractivity contribution in [1.82, 2.24) is 4.57 Å². The first-order chi connectivity index (χ1) is 24.3. The van der Waals surface area contributed by atoms with E-state index in [9.17, 15) is 0 Å². The molecule has 3 aromatic carbocycles. The van der Waals surface area contributed by atoms with Gasteiger partial charge in [0.05, 0.1) is 5.52 Å². The molecule has 1 aromatic heterocycles.